The molecular formula is C6H11N7S. The minimum absolute atomic E-state index is 0.0206. The van der Waals surface area contributed by atoms with E-state index in [1.165, 1.54) is 11.3 Å². The maximum Gasteiger partial charge on any atom is 0.212 e. The molecule has 1 heterocycles. The van der Waals surface area contributed by atoms with Gasteiger partial charge < -0.3 is 22.9 Å². The van der Waals surface area contributed by atoms with Gasteiger partial charge in [0.2, 0.25) is 5.13 Å². The molecule has 0 atom stereocenters. The van der Waals surface area contributed by atoms with Crippen LogP contribution in [0.25, 0.3) is 0 Å². The van der Waals surface area contributed by atoms with Crippen LogP contribution in [0.1, 0.15) is 5.69 Å². The van der Waals surface area contributed by atoms with Crippen LogP contribution in [-0.4, -0.2) is 16.9 Å². The van der Waals surface area contributed by atoms with Crippen molar-refractivity contribution in [3.05, 3.63) is 11.1 Å². The molecule has 7 nitrogen and oxygen atoms in total. The van der Waals surface area contributed by atoms with Crippen LogP contribution in [0.5, 0.6) is 0 Å². The minimum Gasteiger partial charge on any atom is -0.370 e. The van der Waals surface area contributed by atoms with Crippen molar-refractivity contribution in [2.45, 2.75) is 6.54 Å². The van der Waals surface area contributed by atoms with E-state index in [1.54, 1.807) is 5.38 Å². The summed E-state index contributed by atoms with van der Waals surface area (Å²) in [7, 11) is 0. The molecule has 0 fully saturated rings. The molecule has 0 amide bonds. The first-order chi connectivity index (χ1) is 6.58. The lowest BCUT2D eigenvalue weighted by molar-refractivity contribution is 1.00. The van der Waals surface area contributed by atoms with E-state index in [0.717, 1.165) is 5.69 Å². The van der Waals surface area contributed by atoms with Crippen LogP contribution in [0, 0.1) is 0 Å². The Labute approximate surface area is 84.5 Å². The summed E-state index contributed by atoms with van der Waals surface area (Å²) in [6.45, 7) is 0.332. The summed E-state index contributed by atoms with van der Waals surface area (Å²) in [5.41, 5.74) is 21.4. The third-order valence-corrected chi connectivity index (χ3v) is 1.97. The Hall–Kier alpha value is -1.83. The summed E-state index contributed by atoms with van der Waals surface area (Å²) in [6.07, 6.45) is 0. The van der Waals surface area contributed by atoms with E-state index in [0.29, 0.717) is 11.7 Å². The molecular weight excluding hydrogens is 202 g/mol. The topological polar surface area (TPSA) is 142 Å². The molecule has 1 aromatic rings. The Bertz CT molecular complexity index is 358. The number of hydrogen-bond donors (Lipinski definition) is 4. The minimum atomic E-state index is -0.0206. The lowest BCUT2D eigenvalue weighted by atomic mass is 10.5. The summed E-state index contributed by atoms with van der Waals surface area (Å²) in [5, 5.41) is 2.28. The molecule has 0 spiro atoms. The number of nitrogens with zero attached hydrogens (tertiary/aromatic N) is 3. The Balaban J connectivity index is 2.69. The molecule has 0 saturated heterocycles. The largest absolute Gasteiger partial charge is 0.370 e. The van der Waals surface area contributed by atoms with E-state index in [-0.39, 0.29) is 11.9 Å². The zero-order chi connectivity index (χ0) is 10.6. The number of nitrogens with two attached hydrogens (primary N) is 4. The van der Waals surface area contributed by atoms with Crippen LogP contribution in [0.2, 0.25) is 0 Å². The summed E-state index contributed by atoms with van der Waals surface area (Å²) < 4.78 is 0. The van der Waals surface area contributed by atoms with Gasteiger partial charge in [0.15, 0.2) is 11.9 Å². The zero-order valence-electron chi connectivity index (χ0n) is 7.34. The molecule has 0 saturated carbocycles. The van der Waals surface area contributed by atoms with Crippen LogP contribution < -0.4 is 22.9 Å². The van der Waals surface area contributed by atoms with Gasteiger partial charge in [-0.2, -0.15) is 4.99 Å². The standard InChI is InChI=1S/C6H11N7S/c7-4(8)11-1-3-2-14-6(12-3)13-5(9)10/h2H,1H2,(H4,7,8,11)(H4,9,10,12,13). The normalized spacial score (nSPS) is 9.43. The van der Waals surface area contributed by atoms with Crippen molar-refractivity contribution in [1.82, 2.24) is 4.98 Å². The highest BCUT2D eigenvalue weighted by molar-refractivity contribution is 7.13. The maximum absolute atomic E-state index is 5.18. The molecule has 0 aliphatic carbocycles. The van der Waals surface area contributed by atoms with Crippen molar-refractivity contribution >= 4 is 28.4 Å². The lowest BCUT2D eigenvalue weighted by Gasteiger charge is -1.90. The van der Waals surface area contributed by atoms with Crippen molar-refractivity contribution < 1.29 is 0 Å². The summed E-state index contributed by atoms with van der Waals surface area (Å²) in [4.78, 5) is 11.6. The Morgan fingerprint density at radius 3 is 2.57 bits per heavy atom. The molecule has 1 aromatic heterocycles. The highest BCUT2D eigenvalue weighted by atomic mass is 32.1. The molecule has 0 radical (unpaired) electrons. The average molecular weight is 213 g/mol. The van der Waals surface area contributed by atoms with E-state index in [4.69, 9.17) is 22.9 Å². The van der Waals surface area contributed by atoms with Gasteiger partial charge in [0, 0.05) is 5.38 Å². The van der Waals surface area contributed by atoms with Gasteiger partial charge in [0.05, 0.1) is 12.2 Å². The SMILES string of the molecule is NC(N)=NCc1csc(N=C(N)N)n1. The molecule has 8 heteroatoms. The van der Waals surface area contributed by atoms with Gasteiger partial charge in [-0.1, -0.05) is 0 Å². The number of guanidine groups is 2. The van der Waals surface area contributed by atoms with Gasteiger partial charge in [-0.25, -0.2) is 9.98 Å². The van der Waals surface area contributed by atoms with Gasteiger partial charge in [-0.15, -0.1) is 11.3 Å². The molecule has 0 aliphatic rings. The van der Waals surface area contributed by atoms with E-state index < -0.39 is 0 Å². The van der Waals surface area contributed by atoms with Gasteiger partial charge in [0.25, 0.3) is 0 Å². The second kappa shape index (κ2) is 4.42. The number of aliphatic imine (C=N–C) groups is 2. The molecule has 1 rings (SSSR count). The first-order valence-electron chi connectivity index (χ1n) is 3.67. The molecule has 76 valence electrons. The quantitative estimate of drug-likeness (QED) is 0.369. The number of rotatable bonds is 3. The van der Waals surface area contributed by atoms with Gasteiger partial charge >= 0.3 is 0 Å². The lowest BCUT2D eigenvalue weighted by Crippen LogP contribution is -2.22. The third-order valence-electron chi connectivity index (χ3n) is 1.19. The molecule has 0 bridgehead atoms. The van der Waals surface area contributed by atoms with Crippen molar-refractivity contribution in [2.75, 3.05) is 0 Å². The van der Waals surface area contributed by atoms with Crippen LogP contribution in [0.3, 0.4) is 0 Å². The average Bonchev–Trinajstić information content (AvgIpc) is 2.47. The Kier molecular flexibility index (Phi) is 3.24. The monoisotopic (exact) mass is 213 g/mol. The molecule has 0 aliphatic heterocycles. The van der Waals surface area contributed by atoms with Crippen LogP contribution in [0.4, 0.5) is 5.13 Å². The van der Waals surface area contributed by atoms with Crippen molar-refractivity contribution in [3.63, 3.8) is 0 Å². The number of thiazole rings is 1. The molecule has 0 unspecified atom stereocenters. The van der Waals surface area contributed by atoms with Crippen molar-refractivity contribution in [3.8, 4) is 0 Å². The first-order valence-corrected chi connectivity index (χ1v) is 4.55. The van der Waals surface area contributed by atoms with Crippen LogP contribution in [-0.2, 0) is 6.54 Å². The smallest absolute Gasteiger partial charge is 0.212 e. The predicted molar refractivity (Wildman–Crippen MR) is 57.1 cm³/mol. The first kappa shape index (κ1) is 10.3. The summed E-state index contributed by atoms with van der Waals surface area (Å²) in [5.74, 6) is 0.00845. The van der Waals surface area contributed by atoms with Gasteiger partial charge in [0.1, 0.15) is 0 Å². The van der Waals surface area contributed by atoms with Gasteiger partial charge in [-0.3, -0.25) is 0 Å². The highest BCUT2D eigenvalue weighted by Crippen LogP contribution is 2.18. The fourth-order valence-corrected chi connectivity index (χ4v) is 1.40. The summed E-state index contributed by atoms with van der Waals surface area (Å²) >= 11 is 1.32. The molecule has 14 heavy (non-hydrogen) atoms. The number of aromatic nitrogens is 1. The third kappa shape index (κ3) is 3.27. The van der Waals surface area contributed by atoms with Crippen molar-refractivity contribution in [2.24, 2.45) is 32.9 Å². The molecule has 0 aromatic carbocycles. The van der Waals surface area contributed by atoms with Gasteiger partial charge in [-0.05, 0) is 0 Å². The van der Waals surface area contributed by atoms with E-state index in [2.05, 4.69) is 15.0 Å². The fourth-order valence-electron chi connectivity index (χ4n) is 0.703. The van der Waals surface area contributed by atoms with Crippen molar-refractivity contribution in [1.29, 1.82) is 0 Å². The van der Waals surface area contributed by atoms with E-state index in [9.17, 15) is 0 Å². The predicted octanol–water partition coefficient (Wildman–Crippen LogP) is -1.18. The van der Waals surface area contributed by atoms with E-state index >= 15 is 0 Å². The fraction of sp³-hybridized carbons (Fsp3) is 0.167. The Morgan fingerprint density at radius 1 is 1.29 bits per heavy atom. The second-order valence-corrected chi connectivity index (χ2v) is 3.24. The molecule has 8 N–H and O–H groups in total. The Morgan fingerprint density at radius 2 is 2.00 bits per heavy atom. The number of hydrogen-bond acceptors (Lipinski definition) is 4. The zero-order valence-corrected chi connectivity index (χ0v) is 8.16. The van der Waals surface area contributed by atoms with E-state index in [1.807, 2.05) is 0 Å². The van der Waals surface area contributed by atoms with Crippen LogP contribution >= 0.6 is 11.3 Å². The maximum atomic E-state index is 5.18. The second-order valence-electron chi connectivity index (χ2n) is 2.40. The van der Waals surface area contributed by atoms with Crippen LogP contribution in [0.15, 0.2) is 15.4 Å². The highest BCUT2D eigenvalue weighted by Gasteiger charge is 1.99. The summed E-state index contributed by atoms with van der Waals surface area (Å²) in [6, 6.07) is 0.